The Hall–Kier alpha value is -2.54. The van der Waals surface area contributed by atoms with Crippen LogP contribution in [0.5, 0.6) is 0 Å². The maximum absolute atomic E-state index is 14.1. The second-order valence-corrected chi connectivity index (χ2v) is 6.64. The van der Waals surface area contributed by atoms with E-state index in [1.54, 1.807) is 18.4 Å². The molecular weight excluding hydrogens is 364 g/mol. The molecule has 3 rings (SSSR count). The van der Waals surface area contributed by atoms with Gasteiger partial charge >= 0.3 is 0 Å². The fourth-order valence-electron chi connectivity index (χ4n) is 2.96. The van der Waals surface area contributed by atoms with Gasteiger partial charge in [0.25, 0.3) is 0 Å². The van der Waals surface area contributed by atoms with Crippen molar-refractivity contribution in [2.75, 3.05) is 13.2 Å². The summed E-state index contributed by atoms with van der Waals surface area (Å²) in [6.45, 7) is 1.44. The molecule has 0 amide bonds. The molecule has 0 aliphatic heterocycles. The Morgan fingerprint density at radius 2 is 1.82 bits per heavy atom. The van der Waals surface area contributed by atoms with Crippen molar-refractivity contribution < 1.29 is 23.0 Å². The van der Waals surface area contributed by atoms with Crippen molar-refractivity contribution in [3.05, 3.63) is 95.4 Å². The van der Waals surface area contributed by atoms with Gasteiger partial charge in [0.05, 0.1) is 19.0 Å². The lowest BCUT2D eigenvalue weighted by Gasteiger charge is -2.25. The Morgan fingerprint density at radius 1 is 1.00 bits per heavy atom. The van der Waals surface area contributed by atoms with E-state index in [2.05, 4.69) is 0 Å². The van der Waals surface area contributed by atoms with Gasteiger partial charge in [-0.25, -0.2) is 8.78 Å². The first-order valence-corrected chi connectivity index (χ1v) is 9.08. The summed E-state index contributed by atoms with van der Waals surface area (Å²) in [5.41, 5.74) is 1.41. The molecule has 0 aliphatic carbocycles. The minimum atomic E-state index is -0.762. The van der Waals surface area contributed by atoms with Crippen LogP contribution in [0.3, 0.4) is 0 Å². The van der Waals surface area contributed by atoms with E-state index >= 15 is 0 Å². The second-order valence-electron chi connectivity index (χ2n) is 6.64. The second kappa shape index (κ2) is 10.1. The van der Waals surface area contributed by atoms with Crippen LogP contribution in [0.1, 0.15) is 16.9 Å². The fourth-order valence-corrected chi connectivity index (χ4v) is 2.96. The molecule has 3 aromatic rings. The molecule has 1 aromatic heterocycles. The van der Waals surface area contributed by atoms with Crippen LogP contribution < -0.4 is 0 Å². The molecular formula is C22H23F2NO3. The predicted molar refractivity (Wildman–Crippen MR) is 101 cm³/mol. The minimum Gasteiger partial charge on any atom is -0.467 e. The zero-order chi connectivity index (χ0) is 19.8. The number of ether oxygens (including phenoxy) is 1. The van der Waals surface area contributed by atoms with Gasteiger partial charge in [0, 0.05) is 31.3 Å². The van der Waals surface area contributed by atoms with Crippen molar-refractivity contribution in [1.29, 1.82) is 0 Å². The van der Waals surface area contributed by atoms with E-state index in [1.807, 2.05) is 35.2 Å². The molecule has 0 aliphatic rings. The van der Waals surface area contributed by atoms with Crippen LogP contribution in [0, 0.1) is 11.6 Å². The summed E-state index contributed by atoms with van der Waals surface area (Å²) in [4.78, 5) is 1.91. The normalized spacial score (nSPS) is 12.4. The van der Waals surface area contributed by atoms with Gasteiger partial charge in [0.15, 0.2) is 0 Å². The van der Waals surface area contributed by atoms with Crippen LogP contribution in [0.4, 0.5) is 8.78 Å². The number of furan rings is 1. The molecule has 2 aromatic carbocycles. The molecule has 0 unspecified atom stereocenters. The Bertz CT molecular complexity index is 840. The highest BCUT2D eigenvalue weighted by atomic mass is 19.1. The largest absolute Gasteiger partial charge is 0.467 e. The Kier molecular flexibility index (Phi) is 7.31. The zero-order valence-electron chi connectivity index (χ0n) is 15.4. The van der Waals surface area contributed by atoms with E-state index in [0.29, 0.717) is 17.9 Å². The van der Waals surface area contributed by atoms with Gasteiger partial charge in [-0.05, 0) is 23.8 Å². The molecule has 0 fully saturated rings. The zero-order valence-corrected chi connectivity index (χ0v) is 15.4. The van der Waals surface area contributed by atoms with Crippen LogP contribution in [0.25, 0.3) is 0 Å². The highest BCUT2D eigenvalue weighted by Crippen LogP contribution is 2.15. The number of hydrogen-bond donors (Lipinski definition) is 1. The Balaban J connectivity index is 1.61. The van der Waals surface area contributed by atoms with Crippen molar-refractivity contribution in [3.8, 4) is 0 Å². The Morgan fingerprint density at radius 3 is 2.54 bits per heavy atom. The molecule has 1 heterocycles. The van der Waals surface area contributed by atoms with Gasteiger partial charge in [0.2, 0.25) is 0 Å². The first-order valence-electron chi connectivity index (χ1n) is 9.08. The number of aliphatic hydroxyl groups is 1. The minimum absolute atomic E-state index is 0.123. The highest BCUT2D eigenvalue weighted by Gasteiger charge is 2.16. The topological polar surface area (TPSA) is 45.8 Å². The third-order valence-corrected chi connectivity index (χ3v) is 4.26. The SMILES string of the molecule is O[C@H](COCc1ccco1)CN(Cc1ccccc1)Cc1ccc(F)cc1F. The lowest BCUT2D eigenvalue weighted by molar-refractivity contribution is 0.00238. The third kappa shape index (κ3) is 6.27. The summed E-state index contributed by atoms with van der Waals surface area (Å²) in [6.07, 6.45) is 0.802. The van der Waals surface area contributed by atoms with Gasteiger partial charge in [-0.15, -0.1) is 0 Å². The van der Waals surface area contributed by atoms with E-state index < -0.39 is 17.7 Å². The quantitative estimate of drug-likeness (QED) is 0.568. The van der Waals surface area contributed by atoms with Crippen molar-refractivity contribution in [3.63, 3.8) is 0 Å². The Labute approximate surface area is 163 Å². The number of aliphatic hydroxyl groups excluding tert-OH is 1. The maximum Gasteiger partial charge on any atom is 0.130 e. The number of rotatable bonds is 10. The summed E-state index contributed by atoms with van der Waals surface area (Å²) in [5, 5.41) is 10.4. The maximum atomic E-state index is 14.1. The number of halogens is 2. The van der Waals surface area contributed by atoms with Crippen LogP contribution in [0.2, 0.25) is 0 Å². The van der Waals surface area contributed by atoms with Gasteiger partial charge < -0.3 is 14.3 Å². The summed E-state index contributed by atoms with van der Waals surface area (Å²) in [5.74, 6) is -0.523. The molecule has 28 heavy (non-hydrogen) atoms. The molecule has 1 atom stereocenters. The summed E-state index contributed by atoms with van der Waals surface area (Å²) >= 11 is 0. The summed E-state index contributed by atoms with van der Waals surface area (Å²) in [6, 6.07) is 16.8. The number of nitrogens with zero attached hydrogens (tertiary/aromatic N) is 1. The monoisotopic (exact) mass is 387 g/mol. The predicted octanol–water partition coefficient (Wildman–Crippen LogP) is 4.14. The number of hydrogen-bond acceptors (Lipinski definition) is 4. The molecule has 0 saturated carbocycles. The molecule has 0 bridgehead atoms. The van der Waals surface area contributed by atoms with E-state index in [-0.39, 0.29) is 26.3 Å². The van der Waals surface area contributed by atoms with Crippen molar-refractivity contribution in [2.24, 2.45) is 0 Å². The highest BCUT2D eigenvalue weighted by molar-refractivity contribution is 5.19. The average Bonchev–Trinajstić information content (AvgIpc) is 3.18. The fraction of sp³-hybridized carbons (Fsp3) is 0.273. The van der Waals surface area contributed by atoms with Gasteiger partial charge in [-0.3, -0.25) is 4.90 Å². The first kappa shape index (κ1) is 20.2. The molecule has 0 radical (unpaired) electrons. The molecule has 0 saturated heterocycles. The standard InChI is InChI=1S/C22H23F2NO3/c23-19-9-8-18(22(24)11-19)13-25(12-17-5-2-1-3-6-17)14-20(26)15-27-16-21-7-4-10-28-21/h1-11,20,26H,12-16H2/t20-/m0/s1. The third-order valence-electron chi connectivity index (χ3n) is 4.26. The van der Waals surface area contributed by atoms with Crippen molar-refractivity contribution >= 4 is 0 Å². The summed E-state index contributed by atoms with van der Waals surface area (Å²) in [7, 11) is 0. The first-order chi connectivity index (χ1) is 13.6. The van der Waals surface area contributed by atoms with E-state index in [4.69, 9.17) is 9.15 Å². The van der Waals surface area contributed by atoms with Crippen molar-refractivity contribution in [1.82, 2.24) is 4.90 Å². The molecule has 6 heteroatoms. The lowest BCUT2D eigenvalue weighted by Crippen LogP contribution is -2.34. The summed E-state index contributed by atoms with van der Waals surface area (Å²) < 4.78 is 37.9. The van der Waals surface area contributed by atoms with E-state index in [9.17, 15) is 13.9 Å². The molecule has 148 valence electrons. The smallest absolute Gasteiger partial charge is 0.130 e. The molecule has 1 N–H and O–H groups in total. The average molecular weight is 387 g/mol. The lowest BCUT2D eigenvalue weighted by atomic mass is 10.1. The number of benzene rings is 2. The van der Waals surface area contributed by atoms with Gasteiger partial charge in [0.1, 0.15) is 24.0 Å². The molecule has 4 nitrogen and oxygen atoms in total. The van der Waals surface area contributed by atoms with Crippen LogP contribution in [-0.4, -0.2) is 29.3 Å². The van der Waals surface area contributed by atoms with Crippen LogP contribution in [0.15, 0.2) is 71.3 Å². The molecule has 0 spiro atoms. The van der Waals surface area contributed by atoms with Crippen molar-refractivity contribution in [2.45, 2.75) is 25.8 Å². The van der Waals surface area contributed by atoms with Gasteiger partial charge in [-0.2, -0.15) is 0 Å². The van der Waals surface area contributed by atoms with Crippen LogP contribution >= 0.6 is 0 Å². The van der Waals surface area contributed by atoms with Crippen LogP contribution in [-0.2, 0) is 24.4 Å². The van der Waals surface area contributed by atoms with E-state index in [1.165, 1.54) is 12.1 Å². The van der Waals surface area contributed by atoms with E-state index in [0.717, 1.165) is 11.6 Å². The van der Waals surface area contributed by atoms with Gasteiger partial charge in [-0.1, -0.05) is 36.4 Å².